The largest absolute Gasteiger partial charge is 0.470 e. The number of rotatable bonds is 6. The lowest BCUT2D eigenvalue weighted by atomic mass is 10.3. The molecule has 3 N–H and O–H groups in total. The molecule has 8 nitrogen and oxygen atoms in total. The average molecular weight is 399 g/mol. The Labute approximate surface area is 156 Å². The average Bonchev–Trinajstić information content (AvgIpc) is 3.03. The molecule has 0 radical (unpaired) electrons. The van der Waals surface area contributed by atoms with Gasteiger partial charge in [-0.3, -0.25) is 0 Å². The van der Waals surface area contributed by atoms with E-state index in [9.17, 15) is 13.5 Å². The smallest absolute Gasteiger partial charge is 0.240 e. The van der Waals surface area contributed by atoms with Crippen molar-refractivity contribution in [1.82, 2.24) is 14.7 Å². The van der Waals surface area contributed by atoms with E-state index in [4.69, 9.17) is 16.3 Å². The van der Waals surface area contributed by atoms with E-state index >= 15 is 0 Å². The molecule has 0 bridgehead atoms. The molecule has 140 valence electrons. The van der Waals surface area contributed by atoms with E-state index in [-0.39, 0.29) is 27.9 Å². The van der Waals surface area contributed by atoms with Gasteiger partial charge < -0.3 is 15.2 Å². The SMILES string of the molecule is CNS(=O)(=O)c1ccc(Nc2ncc(Cl)c(OC3CCCC3O)n2)cc1. The van der Waals surface area contributed by atoms with E-state index in [0.717, 1.165) is 12.8 Å². The summed E-state index contributed by atoms with van der Waals surface area (Å²) in [5.74, 6) is 0.450. The summed E-state index contributed by atoms with van der Waals surface area (Å²) in [4.78, 5) is 8.48. The van der Waals surface area contributed by atoms with Gasteiger partial charge in [0.05, 0.1) is 17.2 Å². The van der Waals surface area contributed by atoms with Crippen molar-refractivity contribution in [2.45, 2.75) is 36.4 Å². The number of aromatic nitrogens is 2. The molecule has 1 aliphatic rings. The Kier molecular flexibility index (Phi) is 5.61. The van der Waals surface area contributed by atoms with Crippen LogP contribution in [-0.2, 0) is 10.0 Å². The quantitative estimate of drug-likeness (QED) is 0.682. The van der Waals surface area contributed by atoms with Gasteiger partial charge in [-0.1, -0.05) is 11.6 Å². The number of benzene rings is 1. The van der Waals surface area contributed by atoms with E-state index in [1.54, 1.807) is 12.1 Å². The zero-order valence-corrected chi connectivity index (χ0v) is 15.6. The van der Waals surface area contributed by atoms with Crippen molar-refractivity contribution in [3.8, 4) is 5.88 Å². The van der Waals surface area contributed by atoms with Crippen molar-refractivity contribution in [3.05, 3.63) is 35.5 Å². The van der Waals surface area contributed by atoms with Crippen LogP contribution < -0.4 is 14.8 Å². The lowest BCUT2D eigenvalue weighted by Gasteiger charge is -2.17. The molecule has 2 aromatic rings. The first-order valence-corrected chi connectivity index (χ1v) is 9.93. The van der Waals surface area contributed by atoms with Crippen molar-refractivity contribution in [3.63, 3.8) is 0 Å². The molecular formula is C16H19ClN4O4S. The first-order chi connectivity index (χ1) is 12.4. The molecule has 1 heterocycles. The molecule has 0 aliphatic heterocycles. The molecule has 10 heteroatoms. The predicted molar refractivity (Wildman–Crippen MR) is 97.3 cm³/mol. The molecule has 2 unspecified atom stereocenters. The first kappa shape index (κ1) is 18.8. The number of hydrogen-bond acceptors (Lipinski definition) is 7. The van der Waals surface area contributed by atoms with Crippen molar-refractivity contribution < 1.29 is 18.3 Å². The van der Waals surface area contributed by atoms with Crippen molar-refractivity contribution in [2.24, 2.45) is 0 Å². The van der Waals surface area contributed by atoms with Crippen LogP contribution in [-0.4, -0.2) is 42.7 Å². The summed E-state index contributed by atoms with van der Waals surface area (Å²) in [5, 5.41) is 13.1. The van der Waals surface area contributed by atoms with Crippen LogP contribution in [0.4, 0.5) is 11.6 Å². The molecule has 0 saturated heterocycles. The van der Waals surface area contributed by atoms with Gasteiger partial charge in [0.15, 0.2) is 0 Å². The second-order valence-corrected chi connectivity index (χ2v) is 8.15. The molecule has 26 heavy (non-hydrogen) atoms. The van der Waals surface area contributed by atoms with Crippen LogP contribution in [0.15, 0.2) is 35.4 Å². The van der Waals surface area contributed by atoms with Gasteiger partial charge in [-0.15, -0.1) is 0 Å². The second kappa shape index (κ2) is 7.75. The summed E-state index contributed by atoms with van der Waals surface area (Å²) in [6.45, 7) is 0. The number of aliphatic hydroxyl groups excluding tert-OH is 1. The molecule has 1 saturated carbocycles. The Balaban J connectivity index is 1.75. The summed E-state index contributed by atoms with van der Waals surface area (Å²) in [6.07, 6.45) is 2.88. The Morgan fingerprint density at radius 3 is 2.62 bits per heavy atom. The lowest BCUT2D eigenvalue weighted by Crippen LogP contribution is -2.26. The highest BCUT2D eigenvalue weighted by atomic mass is 35.5. The van der Waals surface area contributed by atoms with Gasteiger partial charge >= 0.3 is 0 Å². The summed E-state index contributed by atoms with van der Waals surface area (Å²) in [5.41, 5.74) is 0.606. The molecule has 1 fully saturated rings. The fraction of sp³-hybridized carbons (Fsp3) is 0.375. The standard InChI is InChI=1S/C16H19ClN4O4S/c1-18-26(23,24)11-7-5-10(6-8-11)20-16-19-9-12(17)15(21-16)25-14-4-2-3-13(14)22/h5-9,13-14,18,22H,2-4H2,1H3,(H,19,20,21). The lowest BCUT2D eigenvalue weighted by molar-refractivity contribution is 0.0575. The minimum atomic E-state index is -3.49. The molecule has 1 aromatic carbocycles. The third-order valence-electron chi connectivity index (χ3n) is 4.08. The van der Waals surface area contributed by atoms with Gasteiger partial charge in [0, 0.05) is 5.69 Å². The van der Waals surface area contributed by atoms with Crippen LogP contribution in [0.25, 0.3) is 0 Å². The zero-order valence-electron chi connectivity index (χ0n) is 14.0. The van der Waals surface area contributed by atoms with E-state index in [1.165, 1.54) is 25.4 Å². The van der Waals surface area contributed by atoms with Crippen LogP contribution >= 0.6 is 11.6 Å². The van der Waals surface area contributed by atoms with Crippen LogP contribution in [0, 0.1) is 0 Å². The Morgan fingerprint density at radius 1 is 1.27 bits per heavy atom. The molecular weight excluding hydrogens is 380 g/mol. The van der Waals surface area contributed by atoms with E-state index in [1.807, 2.05) is 0 Å². The van der Waals surface area contributed by atoms with E-state index in [0.29, 0.717) is 12.1 Å². The van der Waals surface area contributed by atoms with Crippen LogP contribution in [0.5, 0.6) is 5.88 Å². The van der Waals surface area contributed by atoms with Gasteiger partial charge in [0.1, 0.15) is 11.1 Å². The van der Waals surface area contributed by atoms with E-state index in [2.05, 4.69) is 20.0 Å². The number of ether oxygens (including phenoxy) is 1. The third kappa shape index (κ3) is 4.24. The summed E-state index contributed by atoms with van der Waals surface area (Å²) in [6, 6.07) is 6.14. The summed E-state index contributed by atoms with van der Waals surface area (Å²) < 4.78 is 31.4. The second-order valence-electron chi connectivity index (χ2n) is 5.86. The molecule has 1 aliphatic carbocycles. The molecule has 3 rings (SSSR count). The zero-order chi connectivity index (χ0) is 18.7. The molecule has 1 aromatic heterocycles. The van der Waals surface area contributed by atoms with Crippen LogP contribution in [0.1, 0.15) is 19.3 Å². The highest BCUT2D eigenvalue weighted by molar-refractivity contribution is 7.89. The minimum absolute atomic E-state index is 0.154. The Morgan fingerprint density at radius 2 is 2.00 bits per heavy atom. The number of anilines is 2. The molecule has 0 amide bonds. The van der Waals surface area contributed by atoms with Gasteiger partial charge in [-0.05, 0) is 50.6 Å². The minimum Gasteiger partial charge on any atom is -0.470 e. The number of sulfonamides is 1. The van der Waals surface area contributed by atoms with Gasteiger partial charge in [-0.25, -0.2) is 18.1 Å². The highest BCUT2D eigenvalue weighted by Gasteiger charge is 2.28. The number of hydrogen-bond donors (Lipinski definition) is 3. The monoisotopic (exact) mass is 398 g/mol. The highest BCUT2D eigenvalue weighted by Crippen LogP contribution is 2.29. The Hall–Kier alpha value is -1.94. The number of nitrogens with zero attached hydrogens (tertiary/aromatic N) is 2. The van der Waals surface area contributed by atoms with Crippen molar-refractivity contribution in [1.29, 1.82) is 0 Å². The number of halogens is 1. The predicted octanol–water partition coefficient (Wildman–Crippen LogP) is 2.07. The van der Waals surface area contributed by atoms with Gasteiger partial charge in [0.2, 0.25) is 21.9 Å². The van der Waals surface area contributed by atoms with E-state index < -0.39 is 16.1 Å². The topological polar surface area (TPSA) is 113 Å². The molecule has 2 atom stereocenters. The van der Waals surface area contributed by atoms with Crippen molar-refractivity contribution in [2.75, 3.05) is 12.4 Å². The van der Waals surface area contributed by atoms with Crippen LogP contribution in [0.3, 0.4) is 0 Å². The van der Waals surface area contributed by atoms with Crippen molar-refractivity contribution >= 4 is 33.3 Å². The third-order valence-corrected chi connectivity index (χ3v) is 5.77. The fourth-order valence-electron chi connectivity index (χ4n) is 2.65. The van der Waals surface area contributed by atoms with Crippen LogP contribution in [0.2, 0.25) is 5.02 Å². The maximum Gasteiger partial charge on any atom is 0.240 e. The Bertz CT molecular complexity index is 876. The normalized spacial score (nSPS) is 20.1. The molecule has 0 spiro atoms. The van der Waals surface area contributed by atoms with Gasteiger partial charge in [0.25, 0.3) is 0 Å². The fourth-order valence-corrected chi connectivity index (χ4v) is 3.51. The first-order valence-electron chi connectivity index (χ1n) is 8.07. The van der Waals surface area contributed by atoms with Gasteiger partial charge in [-0.2, -0.15) is 4.98 Å². The summed E-state index contributed by atoms with van der Waals surface area (Å²) >= 11 is 6.08. The number of aliphatic hydroxyl groups is 1. The summed E-state index contributed by atoms with van der Waals surface area (Å²) in [7, 11) is -2.14. The number of nitrogens with one attached hydrogen (secondary N) is 2. The maximum absolute atomic E-state index is 11.7. The maximum atomic E-state index is 11.7.